The average Bonchev–Trinajstić information content (AvgIpc) is 3.73. The largest absolute Gasteiger partial charge is 0.357 e. The number of aromatic nitrogens is 1. The van der Waals surface area contributed by atoms with Crippen molar-refractivity contribution in [2.24, 2.45) is 17.8 Å². The number of nitrogens with zero attached hydrogens (tertiary/aromatic N) is 1. The monoisotopic (exact) mass is 600 g/mol. The third-order valence-electron chi connectivity index (χ3n) is 8.97. The lowest BCUT2D eigenvalue weighted by atomic mass is 9.80. The number of ketones is 1. The number of anilines is 1. The number of hydrogen-bond acceptors (Lipinski definition) is 6. The van der Waals surface area contributed by atoms with Crippen LogP contribution in [-0.4, -0.2) is 34.7 Å². The molecule has 7 nitrogen and oxygen atoms in total. The number of benzene rings is 2. The van der Waals surface area contributed by atoms with E-state index < -0.39 is 12.0 Å². The Morgan fingerprint density at radius 3 is 2.37 bits per heavy atom. The van der Waals surface area contributed by atoms with Gasteiger partial charge >= 0.3 is 0 Å². The number of thiazole rings is 1. The zero-order valence-electron chi connectivity index (χ0n) is 25.3. The molecule has 0 aliphatic heterocycles. The predicted octanol–water partition coefficient (Wildman–Crippen LogP) is 6.73. The van der Waals surface area contributed by atoms with E-state index in [1.165, 1.54) is 5.56 Å². The maximum absolute atomic E-state index is 13.7. The first kappa shape index (κ1) is 30.9. The van der Waals surface area contributed by atoms with Crippen LogP contribution >= 0.6 is 11.3 Å². The molecule has 2 aromatic carbocycles. The number of rotatable bonds is 12. The molecule has 5 atom stereocenters. The van der Waals surface area contributed by atoms with E-state index in [9.17, 15) is 14.4 Å². The van der Waals surface area contributed by atoms with Crippen LogP contribution in [0.3, 0.4) is 0 Å². The molecule has 8 heteroatoms. The summed E-state index contributed by atoms with van der Waals surface area (Å²) in [5.41, 5.74) is 2.94. The first-order valence-electron chi connectivity index (χ1n) is 15.8. The van der Waals surface area contributed by atoms with Gasteiger partial charge in [0, 0.05) is 47.5 Å². The van der Waals surface area contributed by atoms with Gasteiger partial charge in [0.15, 0.2) is 10.9 Å². The lowest BCUT2D eigenvalue weighted by Gasteiger charge is -2.34. The second kappa shape index (κ2) is 14.8. The minimum atomic E-state index is -0.619. The van der Waals surface area contributed by atoms with E-state index in [-0.39, 0.29) is 41.4 Å². The summed E-state index contributed by atoms with van der Waals surface area (Å²) in [6, 6.07) is 17.5. The minimum Gasteiger partial charge on any atom is -0.357 e. The number of hydrogen-bond donors (Lipinski definition) is 3. The maximum Gasteiger partial charge on any atom is 0.242 e. The lowest BCUT2D eigenvalue weighted by molar-refractivity contribution is -0.132. The van der Waals surface area contributed by atoms with Crippen LogP contribution in [0.1, 0.15) is 92.6 Å². The standard InChI is InChI=1S/C35H44N4O3S/c1-23(2)21-31(34(42)38-30-14-7-6-11-27(30)25-9-4-3-5-10-25)39-33(41)29-13-8-12-28(29)32(40)26-17-15-24(16-18-26)22-37-35-36-19-20-43-35/h3-5,9-10,15-20,23,27-31H,6-8,11-14,21-22H2,1-2H3,(H,36,37)(H,38,42)(H,39,41)/t27-,28+,29+,30+,31-/m0/s1. The Balaban J connectivity index is 1.21. The molecule has 3 aromatic rings. The van der Waals surface area contributed by atoms with Crippen molar-refractivity contribution in [3.05, 3.63) is 82.9 Å². The van der Waals surface area contributed by atoms with E-state index in [0.717, 1.165) is 42.8 Å². The molecule has 3 N–H and O–H groups in total. The molecule has 2 saturated carbocycles. The number of nitrogens with one attached hydrogen (secondary N) is 3. The molecule has 2 aliphatic carbocycles. The van der Waals surface area contributed by atoms with Crippen LogP contribution < -0.4 is 16.0 Å². The Morgan fingerprint density at radius 2 is 1.65 bits per heavy atom. The molecule has 0 radical (unpaired) electrons. The summed E-state index contributed by atoms with van der Waals surface area (Å²) in [6.45, 7) is 4.76. The van der Waals surface area contributed by atoms with Crippen molar-refractivity contribution >= 4 is 34.1 Å². The van der Waals surface area contributed by atoms with Crippen molar-refractivity contribution in [3.8, 4) is 0 Å². The zero-order chi connectivity index (χ0) is 30.2. The fourth-order valence-corrected chi connectivity index (χ4v) is 7.27. The van der Waals surface area contributed by atoms with Gasteiger partial charge in [0.05, 0.1) is 0 Å². The van der Waals surface area contributed by atoms with Crippen LogP contribution in [0.25, 0.3) is 0 Å². The highest BCUT2D eigenvalue weighted by Gasteiger charge is 2.39. The van der Waals surface area contributed by atoms with E-state index in [4.69, 9.17) is 0 Å². The van der Waals surface area contributed by atoms with Gasteiger partial charge in [0.1, 0.15) is 6.04 Å². The fraction of sp³-hybridized carbons (Fsp3) is 0.486. The van der Waals surface area contributed by atoms with Gasteiger partial charge in [-0.2, -0.15) is 0 Å². The van der Waals surface area contributed by atoms with Crippen molar-refractivity contribution in [3.63, 3.8) is 0 Å². The Bertz CT molecular complexity index is 1340. The Kier molecular flexibility index (Phi) is 10.6. The van der Waals surface area contributed by atoms with Crippen molar-refractivity contribution in [2.75, 3.05) is 5.32 Å². The quantitative estimate of drug-likeness (QED) is 0.200. The summed E-state index contributed by atoms with van der Waals surface area (Å²) in [6.07, 6.45) is 8.72. The van der Waals surface area contributed by atoms with Gasteiger partial charge in [-0.05, 0) is 49.1 Å². The molecule has 0 unspecified atom stereocenters. The third-order valence-corrected chi connectivity index (χ3v) is 9.70. The summed E-state index contributed by atoms with van der Waals surface area (Å²) in [5.74, 6) is -0.565. The van der Waals surface area contributed by atoms with E-state index in [2.05, 4.69) is 59.0 Å². The first-order chi connectivity index (χ1) is 20.9. The molecule has 1 heterocycles. The van der Waals surface area contributed by atoms with Crippen LogP contribution in [0, 0.1) is 17.8 Å². The number of amides is 2. The molecule has 0 saturated heterocycles. The average molecular weight is 601 g/mol. The van der Waals surface area contributed by atoms with Gasteiger partial charge in [-0.1, -0.05) is 87.7 Å². The lowest BCUT2D eigenvalue weighted by Crippen LogP contribution is -2.53. The minimum absolute atomic E-state index is 0.00912. The number of carbonyl (C=O) groups is 3. The highest BCUT2D eigenvalue weighted by atomic mass is 32.1. The van der Waals surface area contributed by atoms with Crippen LogP contribution in [0.5, 0.6) is 0 Å². The zero-order valence-corrected chi connectivity index (χ0v) is 26.1. The molecule has 2 fully saturated rings. The number of Topliss-reactive ketones (excluding diaryl/α,β-unsaturated/α-hetero) is 1. The fourth-order valence-electron chi connectivity index (χ4n) is 6.74. The van der Waals surface area contributed by atoms with Crippen LogP contribution in [0.2, 0.25) is 0 Å². The first-order valence-corrected chi connectivity index (χ1v) is 16.7. The van der Waals surface area contributed by atoms with Gasteiger partial charge in [0.2, 0.25) is 11.8 Å². The number of carbonyl (C=O) groups excluding carboxylic acids is 3. The van der Waals surface area contributed by atoms with Crippen molar-refractivity contribution < 1.29 is 14.4 Å². The molecule has 2 aliphatic rings. The summed E-state index contributed by atoms with van der Waals surface area (Å²) in [4.78, 5) is 45.1. The maximum atomic E-state index is 13.7. The topological polar surface area (TPSA) is 100 Å². The molecule has 1 aromatic heterocycles. The van der Waals surface area contributed by atoms with Crippen LogP contribution in [0.4, 0.5) is 5.13 Å². The van der Waals surface area contributed by atoms with E-state index in [0.29, 0.717) is 31.4 Å². The summed E-state index contributed by atoms with van der Waals surface area (Å²) >= 11 is 1.55. The van der Waals surface area contributed by atoms with Gasteiger partial charge in [0.25, 0.3) is 0 Å². The summed E-state index contributed by atoms with van der Waals surface area (Å²) in [7, 11) is 0. The summed E-state index contributed by atoms with van der Waals surface area (Å²) in [5, 5.41) is 12.5. The van der Waals surface area contributed by atoms with Crippen molar-refractivity contribution in [2.45, 2.75) is 89.8 Å². The molecular formula is C35H44N4O3S. The molecule has 0 spiro atoms. The van der Waals surface area contributed by atoms with Crippen LogP contribution in [-0.2, 0) is 16.1 Å². The van der Waals surface area contributed by atoms with Gasteiger partial charge in [-0.15, -0.1) is 11.3 Å². The smallest absolute Gasteiger partial charge is 0.242 e. The molecule has 228 valence electrons. The highest BCUT2D eigenvalue weighted by Crippen LogP contribution is 2.35. The highest BCUT2D eigenvalue weighted by molar-refractivity contribution is 7.13. The van der Waals surface area contributed by atoms with E-state index in [1.54, 1.807) is 17.5 Å². The second-order valence-electron chi connectivity index (χ2n) is 12.5. The second-order valence-corrected chi connectivity index (χ2v) is 13.4. The Labute approximate surface area is 259 Å². The van der Waals surface area contributed by atoms with Gasteiger partial charge in [-0.25, -0.2) is 4.98 Å². The Morgan fingerprint density at radius 1 is 0.907 bits per heavy atom. The molecule has 43 heavy (non-hydrogen) atoms. The Hall–Kier alpha value is -3.52. The van der Waals surface area contributed by atoms with Gasteiger partial charge < -0.3 is 16.0 Å². The van der Waals surface area contributed by atoms with Crippen molar-refractivity contribution in [1.82, 2.24) is 15.6 Å². The summed E-state index contributed by atoms with van der Waals surface area (Å²) < 4.78 is 0. The molecule has 0 bridgehead atoms. The predicted molar refractivity (Wildman–Crippen MR) is 172 cm³/mol. The molecular weight excluding hydrogens is 556 g/mol. The van der Waals surface area contributed by atoms with Gasteiger partial charge in [-0.3, -0.25) is 14.4 Å². The van der Waals surface area contributed by atoms with E-state index >= 15 is 0 Å². The SMILES string of the molecule is CC(C)C[C@H](NC(=O)[C@@H]1CCC[C@H]1C(=O)c1ccc(CNc2nccs2)cc1)C(=O)N[C@@H]1CCCC[C@H]1c1ccccc1. The van der Waals surface area contributed by atoms with Crippen molar-refractivity contribution in [1.29, 1.82) is 0 Å². The van der Waals surface area contributed by atoms with E-state index in [1.807, 2.05) is 35.7 Å². The van der Waals surface area contributed by atoms with Crippen LogP contribution in [0.15, 0.2) is 66.2 Å². The third kappa shape index (κ3) is 8.11. The molecule has 2 amide bonds. The molecule has 5 rings (SSSR count). The normalized spacial score (nSPS) is 22.6.